The highest BCUT2D eigenvalue weighted by molar-refractivity contribution is 6.05. The minimum Gasteiger partial charge on any atom is -0.479 e. The molecule has 4 atom stereocenters. The molecule has 17 heavy (non-hydrogen) atoms. The van der Waals surface area contributed by atoms with E-state index in [0.29, 0.717) is 5.06 Å². The van der Waals surface area contributed by atoms with Gasteiger partial charge in [-0.2, -0.15) is 5.06 Å². The fourth-order valence-corrected chi connectivity index (χ4v) is 3.12. The normalized spacial score (nSPS) is 38.0. The fourth-order valence-electron chi connectivity index (χ4n) is 3.12. The summed E-state index contributed by atoms with van der Waals surface area (Å²) in [5.74, 6) is -2.45. The van der Waals surface area contributed by atoms with E-state index in [1.165, 1.54) is 0 Å². The van der Waals surface area contributed by atoms with Crippen molar-refractivity contribution in [2.45, 2.75) is 6.42 Å². The first-order valence-corrected chi connectivity index (χ1v) is 5.50. The first-order chi connectivity index (χ1) is 8.09. The third-order valence-corrected chi connectivity index (χ3v) is 3.75. The zero-order valence-electron chi connectivity index (χ0n) is 8.91. The Hall–Kier alpha value is -1.69. The second-order valence-electron chi connectivity index (χ2n) is 4.64. The number of imide groups is 1. The SMILES string of the molecule is O=C(O)CON1C(=O)[C@H]2[C@H](C1=O)[C@H]1C=C[C@H]2C1. The second-order valence-corrected chi connectivity index (χ2v) is 4.64. The Morgan fingerprint density at radius 2 is 1.82 bits per heavy atom. The summed E-state index contributed by atoms with van der Waals surface area (Å²) in [6, 6.07) is 0. The molecule has 2 fully saturated rings. The molecular formula is C11H11NO5. The lowest BCUT2D eigenvalue weighted by Crippen LogP contribution is -2.34. The highest BCUT2D eigenvalue weighted by Crippen LogP contribution is 2.52. The molecule has 6 heteroatoms. The number of allylic oxidation sites excluding steroid dienone is 2. The van der Waals surface area contributed by atoms with Crippen molar-refractivity contribution in [3.8, 4) is 0 Å². The first kappa shape index (κ1) is 10.5. The van der Waals surface area contributed by atoms with E-state index in [2.05, 4.69) is 0 Å². The Kier molecular flexibility index (Phi) is 2.09. The van der Waals surface area contributed by atoms with E-state index in [0.717, 1.165) is 6.42 Å². The monoisotopic (exact) mass is 237 g/mol. The van der Waals surface area contributed by atoms with E-state index in [1.54, 1.807) is 0 Å². The number of carboxylic acid groups (broad SMARTS) is 1. The first-order valence-electron chi connectivity index (χ1n) is 5.50. The highest BCUT2D eigenvalue weighted by Gasteiger charge is 2.60. The Morgan fingerprint density at radius 3 is 2.29 bits per heavy atom. The van der Waals surface area contributed by atoms with Gasteiger partial charge >= 0.3 is 5.97 Å². The van der Waals surface area contributed by atoms with Gasteiger partial charge in [0, 0.05) is 0 Å². The topological polar surface area (TPSA) is 83.9 Å². The van der Waals surface area contributed by atoms with Crippen LogP contribution < -0.4 is 0 Å². The standard InChI is InChI=1S/C11H11NO5/c13-7(14)4-17-12-10(15)8-5-1-2-6(3-5)9(8)11(12)16/h1-2,5-6,8-9H,3-4H2,(H,13,14)/t5-,6-,8+,9+/m0/s1. The molecule has 1 heterocycles. The number of hydrogen-bond donors (Lipinski definition) is 1. The molecule has 1 aliphatic heterocycles. The quantitative estimate of drug-likeness (QED) is 0.543. The molecule has 1 saturated carbocycles. The molecule has 0 unspecified atom stereocenters. The molecular weight excluding hydrogens is 226 g/mol. The zero-order chi connectivity index (χ0) is 12.2. The van der Waals surface area contributed by atoms with Crippen molar-refractivity contribution < 1.29 is 24.3 Å². The highest BCUT2D eigenvalue weighted by atomic mass is 16.7. The Balaban J connectivity index is 1.80. The van der Waals surface area contributed by atoms with E-state index in [-0.39, 0.29) is 23.7 Å². The van der Waals surface area contributed by atoms with Gasteiger partial charge in [-0.25, -0.2) is 4.79 Å². The van der Waals surface area contributed by atoms with Crippen LogP contribution in [0.4, 0.5) is 0 Å². The van der Waals surface area contributed by atoms with Crippen LogP contribution in [0.25, 0.3) is 0 Å². The molecule has 0 radical (unpaired) electrons. The van der Waals surface area contributed by atoms with Gasteiger partial charge in [0.25, 0.3) is 11.8 Å². The summed E-state index contributed by atoms with van der Waals surface area (Å²) in [4.78, 5) is 39.0. The van der Waals surface area contributed by atoms with Gasteiger partial charge < -0.3 is 5.11 Å². The average Bonchev–Trinajstić information content (AvgIpc) is 2.92. The largest absolute Gasteiger partial charge is 0.479 e. The zero-order valence-corrected chi connectivity index (χ0v) is 8.91. The maximum absolute atomic E-state index is 12.0. The molecule has 2 aliphatic carbocycles. The van der Waals surface area contributed by atoms with Crippen LogP contribution in [0.5, 0.6) is 0 Å². The van der Waals surface area contributed by atoms with E-state index in [4.69, 9.17) is 9.94 Å². The van der Waals surface area contributed by atoms with Gasteiger partial charge in [0.15, 0.2) is 6.61 Å². The number of rotatable bonds is 3. The molecule has 6 nitrogen and oxygen atoms in total. The Labute approximate surface area is 96.8 Å². The van der Waals surface area contributed by atoms with Crippen molar-refractivity contribution in [2.24, 2.45) is 23.7 Å². The number of carbonyl (C=O) groups is 3. The van der Waals surface area contributed by atoms with Crippen LogP contribution in [0.1, 0.15) is 6.42 Å². The molecule has 0 aromatic rings. The summed E-state index contributed by atoms with van der Waals surface area (Å²) in [5.41, 5.74) is 0. The molecule has 0 spiro atoms. The van der Waals surface area contributed by atoms with Crippen LogP contribution in [-0.2, 0) is 19.2 Å². The third-order valence-electron chi connectivity index (χ3n) is 3.75. The van der Waals surface area contributed by atoms with Crippen molar-refractivity contribution in [1.29, 1.82) is 0 Å². The van der Waals surface area contributed by atoms with Crippen molar-refractivity contribution in [1.82, 2.24) is 5.06 Å². The maximum Gasteiger partial charge on any atom is 0.332 e. The minimum atomic E-state index is -1.20. The number of carboxylic acids is 1. The van der Waals surface area contributed by atoms with E-state index < -0.39 is 24.4 Å². The number of hydrogen-bond acceptors (Lipinski definition) is 4. The predicted molar refractivity (Wildman–Crippen MR) is 53.2 cm³/mol. The number of fused-ring (bicyclic) bond motifs is 5. The third kappa shape index (κ3) is 1.33. The number of hydroxylamine groups is 2. The lowest BCUT2D eigenvalue weighted by molar-refractivity contribution is -0.194. The number of amides is 2. The lowest BCUT2D eigenvalue weighted by Gasteiger charge is -2.14. The molecule has 90 valence electrons. The van der Waals surface area contributed by atoms with Crippen LogP contribution in [0.3, 0.4) is 0 Å². The molecule has 3 rings (SSSR count). The number of carbonyl (C=O) groups excluding carboxylic acids is 2. The second kappa shape index (κ2) is 3.40. The molecule has 0 aromatic carbocycles. The predicted octanol–water partition coefficient (Wildman–Crippen LogP) is -0.190. The van der Waals surface area contributed by atoms with Crippen molar-refractivity contribution >= 4 is 17.8 Å². The smallest absolute Gasteiger partial charge is 0.332 e. The van der Waals surface area contributed by atoms with E-state index >= 15 is 0 Å². The van der Waals surface area contributed by atoms with Gasteiger partial charge in [-0.3, -0.25) is 14.4 Å². The fraction of sp³-hybridized carbons (Fsp3) is 0.545. The summed E-state index contributed by atoms with van der Waals surface area (Å²) in [7, 11) is 0. The maximum atomic E-state index is 12.0. The summed E-state index contributed by atoms with van der Waals surface area (Å²) in [6.45, 7) is -0.667. The van der Waals surface area contributed by atoms with Crippen molar-refractivity contribution in [2.75, 3.05) is 6.61 Å². The molecule has 0 aromatic heterocycles. The lowest BCUT2D eigenvalue weighted by atomic mass is 9.85. The molecule has 2 bridgehead atoms. The van der Waals surface area contributed by atoms with Crippen LogP contribution in [0.2, 0.25) is 0 Å². The Morgan fingerprint density at radius 1 is 1.29 bits per heavy atom. The van der Waals surface area contributed by atoms with E-state index in [9.17, 15) is 14.4 Å². The number of nitrogens with zero attached hydrogens (tertiary/aromatic N) is 1. The van der Waals surface area contributed by atoms with Crippen LogP contribution in [0, 0.1) is 23.7 Å². The summed E-state index contributed by atoms with van der Waals surface area (Å²) in [5, 5.41) is 9.13. The summed E-state index contributed by atoms with van der Waals surface area (Å²) < 4.78 is 0. The van der Waals surface area contributed by atoms with Crippen LogP contribution in [0.15, 0.2) is 12.2 Å². The van der Waals surface area contributed by atoms with Gasteiger partial charge in [0.1, 0.15) is 0 Å². The van der Waals surface area contributed by atoms with E-state index in [1.807, 2.05) is 12.2 Å². The molecule has 2 amide bonds. The summed E-state index contributed by atoms with van der Waals surface area (Å²) >= 11 is 0. The molecule has 3 aliphatic rings. The van der Waals surface area contributed by atoms with Crippen molar-refractivity contribution in [3.05, 3.63) is 12.2 Å². The van der Waals surface area contributed by atoms with Crippen LogP contribution in [-0.4, -0.2) is 34.6 Å². The summed E-state index contributed by atoms with van der Waals surface area (Å²) in [6.07, 6.45) is 4.79. The minimum absolute atomic E-state index is 0.111. The van der Waals surface area contributed by atoms with Gasteiger partial charge in [0.05, 0.1) is 11.8 Å². The van der Waals surface area contributed by atoms with Gasteiger partial charge in [-0.1, -0.05) is 12.2 Å². The molecule has 1 N–H and O–H groups in total. The Bertz CT molecular complexity index is 413. The van der Waals surface area contributed by atoms with Gasteiger partial charge in [-0.15, -0.1) is 0 Å². The van der Waals surface area contributed by atoms with Crippen LogP contribution >= 0.6 is 0 Å². The molecule has 1 saturated heterocycles. The average molecular weight is 237 g/mol. The van der Waals surface area contributed by atoms with Crippen molar-refractivity contribution in [3.63, 3.8) is 0 Å². The van der Waals surface area contributed by atoms with Gasteiger partial charge in [0.2, 0.25) is 0 Å². The van der Waals surface area contributed by atoms with Gasteiger partial charge in [-0.05, 0) is 18.3 Å². The number of aliphatic carboxylic acids is 1.